The average Bonchev–Trinajstić information content (AvgIpc) is 2.96. The molecule has 0 aromatic carbocycles. The SMILES string of the molecule is CN1C[C@@H]2CC[C@H](C1)N(C(=O)c1cccnc1N(C)C1CCCCC1)C2. The van der Waals surface area contributed by atoms with E-state index in [-0.39, 0.29) is 5.91 Å². The summed E-state index contributed by atoms with van der Waals surface area (Å²) >= 11 is 0. The zero-order valence-corrected chi connectivity index (χ0v) is 16.2. The van der Waals surface area contributed by atoms with Gasteiger partial charge in [-0.05, 0) is 50.8 Å². The molecule has 1 saturated carbocycles. The lowest BCUT2D eigenvalue weighted by Gasteiger charge is -2.38. The number of pyridine rings is 1. The van der Waals surface area contributed by atoms with Crippen molar-refractivity contribution in [2.45, 2.75) is 57.0 Å². The molecule has 2 bridgehead atoms. The Labute approximate surface area is 157 Å². The minimum absolute atomic E-state index is 0.181. The summed E-state index contributed by atoms with van der Waals surface area (Å²) in [5, 5.41) is 0. The second-order valence-electron chi connectivity index (χ2n) is 8.55. The summed E-state index contributed by atoms with van der Waals surface area (Å²) in [6.07, 6.45) is 10.5. The van der Waals surface area contributed by atoms with Crippen molar-refractivity contribution in [3.05, 3.63) is 23.9 Å². The van der Waals surface area contributed by atoms with E-state index in [0.29, 0.717) is 18.0 Å². The lowest BCUT2D eigenvalue weighted by atomic mass is 9.93. The summed E-state index contributed by atoms with van der Waals surface area (Å²) in [5.41, 5.74) is 0.788. The standard InChI is InChI=1S/C21H32N4O/c1-23-13-16-10-11-18(15-23)25(14-16)21(26)19-9-6-12-22-20(19)24(2)17-7-4-3-5-8-17/h6,9,12,16-18H,3-5,7-8,10-11,13-15H2,1-2H3/t16-,18+/m0/s1. The van der Waals surface area contributed by atoms with Crippen LogP contribution in [-0.2, 0) is 0 Å². The number of likely N-dealkylation sites (N-methyl/N-ethyl adjacent to an activating group) is 1. The minimum Gasteiger partial charge on any atom is -0.356 e. The third-order valence-corrected chi connectivity index (χ3v) is 6.63. The molecular formula is C21H32N4O. The van der Waals surface area contributed by atoms with Crippen LogP contribution < -0.4 is 4.90 Å². The second-order valence-corrected chi connectivity index (χ2v) is 8.55. The van der Waals surface area contributed by atoms with Crippen molar-refractivity contribution in [3.8, 4) is 0 Å². The zero-order valence-electron chi connectivity index (χ0n) is 16.2. The molecule has 0 unspecified atom stereocenters. The van der Waals surface area contributed by atoms with Gasteiger partial charge < -0.3 is 14.7 Å². The van der Waals surface area contributed by atoms with Crippen LogP contribution in [0.4, 0.5) is 5.82 Å². The van der Waals surface area contributed by atoms with Crippen LogP contribution in [0.2, 0.25) is 0 Å². The van der Waals surface area contributed by atoms with Crippen molar-refractivity contribution in [3.63, 3.8) is 0 Å². The Hall–Kier alpha value is -1.62. The van der Waals surface area contributed by atoms with Crippen LogP contribution in [-0.4, -0.2) is 66.5 Å². The average molecular weight is 357 g/mol. The molecule has 3 saturated heterocycles. The summed E-state index contributed by atoms with van der Waals surface area (Å²) in [6, 6.07) is 4.75. The molecule has 1 aromatic heterocycles. The van der Waals surface area contributed by atoms with E-state index in [9.17, 15) is 4.79 Å². The summed E-state index contributed by atoms with van der Waals surface area (Å²) in [4.78, 5) is 25.0. The maximum atomic E-state index is 13.5. The van der Waals surface area contributed by atoms with Gasteiger partial charge in [-0.1, -0.05) is 19.3 Å². The van der Waals surface area contributed by atoms with Crippen LogP contribution in [0.3, 0.4) is 0 Å². The Balaban J connectivity index is 1.58. The molecule has 0 radical (unpaired) electrons. The second kappa shape index (κ2) is 7.55. The summed E-state index contributed by atoms with van der Waals surface area (Å²) < 4.78 is 0. The minimum atomic E-state index is 0.181. The molecule has 26 heavy (non-hydrogen) atoms. The van der Waals surface area contributed by atoms with Gasteiger partial charge in [0.2, 0.25) is 0 Å². The number of amides is 1. The third kappa shape index (κ3) is 3.46. The number of fused-ring (bicyclic) bond motifs is 4. The zero-order chi connectivity index (χ0) is 18.1. The molecule has 2 atom stereocenters. The Morgan fingerprint density at radius 2 is 1.92 bits per heavy atom. The van der Waals surface area contributed by atoms with Gasteiger partial charge in [-0.25, -0.2) is 4.98 Å². The Kier molecular flexibility index (Phi) is 5.16. The van der Waals surface area contributed by atoms with E-state index in [1.807, 2.05) is 18.3 Å². The summed E-state index contributed by atoms with van der Waals surface area (Å²) in [7, 11) is 4.31. The van der Waals surface area contributed by atoms with Crippen molar-refractivity contribution < 1.29 is 4.79 Å². The van der Waals surface area contributed by atoms with E-state index in [0.717, 1.165) is 37.4 Å². The Morgan fingerprint density at radius 1 is 1.12 bits per heavy atom. The number of carbonyl (C=O) groups is 1. The Morgan fingerprint density at radius 3 is 2.73 bits per heavy atom. The van der Waals surface area contributed by atoms with E-state index in [4.69, 9.17) is 0 Å². The normalized spacial score (nSPS) is 27.4. The molecular weight excluding hydrogens is 324 g/mol. The van der Waals surface area contributed by atoms with Crippen LogP contribution in [0, 0.1) is 5.92 Å². The first-order chi connectivity index (χ1) is 12.6. The van der Waals surface area contributed by atoms with Crippen molar-refractivity contribution in [1.82, 2.24) is 14.8 Å². The molecule has 4 aliphatic rings. The molecule has 1 aliphatic carbocycles. The van der Waals surface area contributed by atoms with Gasteiger partial charge in [0.1, 0.15) is 5.82 Å². The van der Waals surface area contributed by atoms with Crippen LogP contribution in [0.1, 0.15) is 55.3 Å². The van der Waals surface area contributed by atoms with E-state index in [1.54, 1.807) is 0 Å². The number of rotatable bonds is 3. The maximum Gasteiger partial charge on any atom is 0.257 e. The molecule has 0 N–H and O–H groups in total. The van der Waals surface area contributed by atoms with Crippen molar-refractivity contribution in [2.75, 3.05) is 38.6 Å². The van der Waals surface area contributed by atoms with Gasteiger partial charge in [0.05, 0.1) is 5.56 Å². The monoisotopic (exact) mass is 356 g/mol. The van der Waals surface area contributed by atoms with E-state index >= 15 is 0 Å². The highest BCUT2D eigenvalue weighted by Gasteiger charge is 2.37. The third-order valence-electron chi connectivity index (χ3n) is 6.63. The number of anilines is 1. The van der Waals surface area contributed by atoms with Gasteiger partial charge in [0, 0.05) is 45.0 Å². The number of aromatic nitrogens is 1. The van der Waals surface area contributed by atoms with E-state index < -0.39 is 0 Å². The fraction of sp³-hybridized carbons (Fsp3) is 0.714. The van der Waals surface area contributed by atoms with Gasteiger partial charge in [0.25, 0.3) is 5.91 Å². The highest BCUT2D eigenvalue weighted by molar-refractivity contribution is 5.99. The van der Waals surface area contributed by atoms with Crippen molar-refractivity contribution in [1.29, 1.82) is 0 Å². The lowest BCUT2D eigenvalue weighted by Crippen LogP contribution is -2.47. The van der Waals surface area contributed by atoms with Crippen molar-refractivity contribution in [2.24, 2.45) is 5.92 Å². The number of nitrogens with zero attached hydrogens (tertiary/aromatic N) is 4. The topological polar surface area (TPSA) is 39.7 Å². The van der Waals surface area contributed by atoms with Gasteiger partial charge in [-0.3, -0.25) is 4.79 Å². The first-order valence-electron chi connectivity index (χ1n) is 10.3. The molecule has 0 spiro atoms. The predicted molar refractivity (Wildman–Crippen MR) is 105 cm³/mol. The number of piperidine rings is 1. The van der Waals surface area contributed by atoms with Gasteiger partial charge in [-0.2, -0.15) is 0 Å². The molecule has 4 fully saturated rings. The number of hydrogen-bond acceptors (Lipinski definition) is 4. The van der Waals surface area contributed by atoms with Gasteiger partial charge in [-0.15, -0.1) is 0 Å². The van der Waals surface area contributed by atoms with E-state index in [2.05, 4.69) is 33.8 Å². The fourth-order valence-electron chi connectivity index (χ4n) is 5.21. The van der Waals surface area contributed by atoms with Crippen LogP contribution in [0.15, 0.2) is 18.3 Å². The smallest absolute Gasteiger partial charge is 0.257 e. The number of hydrogen-bond donors (Lipinski definition) is 0. The van der Waals surface area contributed by atoms with Crippen LogP contribution >= 0.6 is 0 Å². The molecule has 142 valence electrons. The number of carbonyl (C=O) groups excluding carboxylic acids is 1. The maximum absolute atomic E-state index is 13.5. The molecule has 5 rings (SSSR count). The van der Waals surface area contributed by atoms with Gasteiger partial charge in [0.15, 0.2) is 0 Å². The van der Waals surface area contributed by atoms with Crippen molar-refractivity contribution >= 4 is 11.7 Å². The first kappa shape index (κ1) is 17.8. The highest BCUT2D eigenvalue weighted by Crippen LogP contribution is 2.31. The molecule has 4 heterocycles. The Bertz CT molecular complexity index is 643. The van der Waals surface area contributed by atoms with E-state index in [1.165, 1.54) is 38.5 Å². The molecule has 1 aromatic rings. The predicted octanol–water partition coefficient (Wildman–Crippen LogP) is 3.02. The fourth-order valence-corrected chi connectivity index (χ4v) is 5.21. The first-order valence-corrected chi connectivity index (χ1v) is 10.3. The molecule has 3 aliphatic heterocycles. The van der Waals surface area contributed by atoms with Gasteiger partial charge >= 0.3 is 0 Å². The molecule has 1 amide bonds. The lowest BCUT2D eigenvalue weighted by molar-refractivity contribution is 0.0587. The summed E-state index contributed by atoms with van der Waals surface area (Å²) in [5.74, 6) is 1.66. The quantitative estimate of drug-likeness (QED) is 0.835. The highest BCUT2D eigenvalue weighted by atomic mass is 16.2. The molecule has 5 heteroatoms. The largest absolute Gasteiger partial charge is 0.356 e. The van der Waals surface area contributed by atoms with Crippen LogP contribution in [0.25, 0.3) is 0 Å². The molecule has 5 nitrogen and oxygen atoms in total. The summed E-state index contributed by atoms with van der Waals surface area (Å²) in [6.45, 7) is 3.01. The van der Waals surface area contributed by atoms with Crippen LogP contribution in [0.5, 0.6) is 0 Å².